The summed E-state index contributed by atoms with van der Waals surface area (Å²) in [6.07, 6.45) is -3.58. The largest absolute Gasteiger partial charge is 0.417 e. The summed E-state index contributed by atoms with van der Waals surface area (Å²) in [5.74, 6) is -3.85. The topological polar surface area (TPSA) is 120 Å². The zero-order valence-corrected chi connectivity index (χ0v) is 21.1. The second-order valence-electron chi connectivity index (χ2n) is 11.0. The van der Waals surface area contributed by atoms with Crippen LogP contribution in [0.3, 0.4) is 0 Å². The number of imide groups is 1. The molecule has 4 heterocycles. The van der Waals surface area contributed by atoms with Gasteiger partial charge in [-0.2, -0.15) is 18.4 Å². The van der Waals surface area contributed by atoms with Gasteiger partial charge in [0.15, 0.2) is 0 Å². The van der Waals surface area contributed by atoms with Crippen LogP contribution in [0.1, 0.15) is 51.2 Å². The molecule has 2 bridgehead atoms. The maximum Gasteiger partial charge on any atom is 0.417 e. The van der Waals surface area contributed by atoms with Gasteiger partial charge in [-0.05, 0) is 51.3 Å². The average molecular weight is 533 g/mol. The van der Waals surface area contributed by atoms with E-state index in [4.69, 9.17) is 10.00 Å². The molecule has 4 aliphatic rings. The molecule has 0 aromatic heterocycles. The number of nitrogens with zero attached hydrogens (tertiary/aromatic N) is 3. The Labute approximate surface area is 216 Å². The molecule has 4 saturated heterocycles. The molecule has 0 spiro atoms. The molecule has 1 N–H and O–H groups in total. The Hall–Kier alpha value is -3.46. The monoisotopic (exact) mass is 532 g/mol. The summed E-state index contributed by atoms with van der Waals surface area (Å²) in [4.78, 5) is 54.2. The average Bonchev–Trinajstić information content (AvgIpc) is 3.38. The lowest BCUT2D eigenvalue weighted by Gasteiger charge is -2.37. The highest BCUT2D eigenvalue weighted by Gasteiger charge is 2.76. The second-order valence-corrected chi connectivity index (χ2v) is 11.0. The van der Waals surface area contributed by atoms with Crippen molar-refractivity contribution < 1.29 is 37.1 Å². The fourth-order valence-electron chi connectivity index (χ4n) is 6.75. The summed E-state index contributed by atoms with van der Waals surface area (Å²) in [6, 6.07) is 3.65. The van der Waals surface area contributed by atoms with E-state index in [9.17, 15) is 32.3 Å². The van der Waals surface area contributed by atoms with Crippen LogP contribution in [0.5, 0.6) is 0 Å². The minimum Gasteiger partial charge on any atom is -0.365 e. The number of ether oxygens (including phenoxy) is 1. The van der Waals surface area contributed by atoms with E-state index in [2.05, 4.69) is 5.32 Å². The van der Waals surface area contributed by atoms with E-state index in [1.807, 2.05) is 0 Å². The number of rotatable bonds is 3. The molecular weight excluding hydrogens is 505 g/mol. The number of benzene rings is 1. The number of amides is 4. The van der Waals surface area contributed by atoms with Crippen molar-refractivity contribution in [1.29, 1.82) is 5.26 Å². The maximum atomic E-state index is 13.6. The summed E-state index contributed by atoms with van der Waals surface area (Å²) in [7, 11) is 0. The first-order valence-corrected chi connectivity index (χ1v) is 12.5. The van der Waals surface area contributed by atoms with Crippen molar-refractivity contribution in [2.24, 2.45) is 17.8 Å². The third kappa shape index (κ3) is 3.78. The molecule has 5 rings (SSSR count). The van der Waals surface area contributed by atoms with Gasteiger partial charge in [-0.3, -0.25) is 19.2 Å². The van der Waals surface area contributed by atoms with Crippen LogP contribution in [-0.2, 0) is 30.1 Å². The number of hydrogen-bond acceptors (Lipinski definition) is 6. The molecule has 9 nitrogen and oxygen atoms in total. The molecule has 0 saturated carbocycles. The third-order valence-corrected chi connectivity index (χ3v) is 8.65. The van der Waals surface area contributed by atoms with Gasteiger partial charge in [0.2, 0.25) is 23.6 Å². The van der Waals surface area contributed by atoms with Crippen LogP contribution in [0, 0.1) is 29.1 Å². The highest BCUT2D eigenvalue weighted by atomic mass is 19.4. The molecule has 4 amide bonds. The quantitative estimate of drug-likeness (QED) is 0.597. The minimum atomic E-state index is -4.85. The van der Waals surface area contributed by atoms with Gasteiger partial charge in [0.1, 0.15) is 0 Å². The number of halogens is 3. The summed E-state index contributed by atoms with van der Waals surface area (Å²) >= 11 is 0. The van der Waals surface area contributed by atoms with Crippen molar-refractivity contribution in [2.75, 3.05) is 18.0 Å². The fourth-order valence-corrected chi connectivity index (χ4v) is 6.75. The predicted molar refractivity (Wildman–Crippen MR) is 125 cm³/mol. The van der Waals surface area contributed by atoms with Gasteiger partial charge in [0.05, 0.1) is 52.0 Å². The Morgan fingerprint density at radius 3 is 2.34 bits per heavy atom. The highest BCUT2D eigenvalue weighted by molar-refractivity contribution is 6.23. The molecule has 0 aliphatic carbocycles. The van der Waals surface area contributed by atoms with Gasteiger partial charge in [-0.1, -0.05) is 0 Å². The van der Waals surface area contributed by atoms with Crippen LogP contribution in [0.4, 0.5) is 18.9 Å². The number of carbonyl (C=O) groups excluding carboxylic acids is 4. The fraction of sp³-hybridized carbons (Fsp3) is 0.577. The molecule has 1 aromatic rings. The van der Waals surface area contributed by atoms with E-state index in [0.29, 0.717) is 32.0 Å². The summed E-state index contributed by atoms with van der Waals surface area (Å²) in [5, 5.41) is 12.1. The number of anilines is 1. The number of nitrogens with one attached hydrogen (secondary N) is 1. The minimum absolute atomic E-state index is 0.0459. The molecule has 38 heavy (non-hydrogen) atoms. The van der Waals surface area contributed by atoms with E-state index in [-0.39, 0.29) is 29.8 Å². The molecule has 0 radical (unpaired) electrons. The molecule has 0 unspecified atom stereocenters. The number of likely N-dealkylation sites (tertiary alicyclic amines) is 1. The lowest BCUT2D eigenvalue weighted by Crippen LogP contribution is -2.57. The van der Waals surface area contributed by atoms with Crippen molar-refractivity contribution in [1.82, 2.24) is 10.2 Å². The van der Waals surface area contributed by atoms with Crippen LogP contribution in [0.15, 0.2) is 18.2 Å². The third-order valence-electron chi connectivity index (χ3n) is 8.65. The molecule has 4 fully saturated rings. The lowest BCUT2D eigenvalue weighted by atomic mass is 9.66. The summed E-state index contributed by atoms with van der Waals surface area (Å²) in [6.45, 7) is 5.76. The van der Waals surface area contributed by atoms with Crippen molar-refractivity contribution in [3.63, 3.8) is 0 Å². The molecular formula is C26H27F3N4O5. The van der Waals surface area contributed by atoms with E-state index < -0.39 is 58.2 Å². The zero-order chi connectivity index (χ0) is 27.8. The Morgan fingerprint density at radius 2 is 1.76 bits per heavy atom. The Balaban J connectivity index is 1.39. The molecule has 1 aromatic carbocycles. The van der Waals surface area contributed by atoms with Crippen LogP contribution < -0.4 is 10.2 Å². The number of piperidine rings is 1. The van der Waals surface area contributed by atoms with Crippen LogP contribution in [0.25, 0.3) is 0 Å². The number of hydrogen-bond donors (Lipinski definition) is 1. The standard InChI is InChI=1S/C26H27F3N4O5/c1-13(34)32-8-6-14(7-9-32)21(35)31-18-11-24(2)19-20(25(18,3)38-24)23(37)33(22(19)36)16-5-4-15(12-30)17(10-16)26(27,28)29/h4-5,10,14,18-20H,6-9,11H2,1-3H3,(H,31,35)/t18-,19-,20+,24-,25+/m1/s1. The SMILES string of the molecule is CC(=O)N1CCC(C(=O)N[C@@H]2C[C@@]3(C)O[C@]2(C)[C@@H]2C(=O)N(c4ccc(C#N)c(C(F)(F)F)c4)C(=O)[C@@H]23)CC1. The van der Waals surface area contributed by atoms with Crippen LogP contribution in [-0.4, -0.2) is 58.9 Å². The second kappa shape index (κ2) is 8.53. The molecule has 12 heteroatoms. The maximum absolute atomic E-state index is 13.6. The normalized spacial score (nSPS) is 32.9. The van der Waals surface area contributed by atoms with Crippen molar-refractivity contribution in [3.05, 3.63) is 29.3 Å². The van der Waals surface area contributed by atoms with Crippen molar-refractivity contribution in [3.8, 4) is 6.07 Å². The smallest absolute Gasteiger partial charge is 0.365 e. The Kier molecular flexibility index (Phi) is 5.87. The van der Waals surface area contributed by atoms with Gasteiger partial charge in [-0.15, -0.1) is 0 Å². The van der Waals surface area contributed by atoms with E-state index >= 15 is 0 Å². The first-order valence-electron chi connectivity index (χ1n) is 12.5. The Bertz CT molecular complexity index is 1280. The van der Waals surface area contributed by atoms with Gasteiger partial charge in [0, 0.05) is 25.9 Å². The number of alkyl halides is 3. The first-order chi connectivity index (χ1) is 17.7. The van der Waals surface area contributed by atoms with Crippen molar-refractivity contribution in [2.45, 2.75) is 63.5 Å². The van der Waals surface area contributed by atoms with Gasteiger partial charge in [0.25, 0.3) is 0 Å². The molecule has 202 valence electrons. The number of carbonyl (C=O) groups is 4. The van der Waals surface area contributed by atoms with Gasteiger partial charge in [-0.25, -0.2) is 4.90 Å². The predicted octanol–water partition coefficient (Wildman–Crippen LogP) is 2.38. The first kappa shape index (κ1) is 26.2. The summed E-state index contributed by atoms with van der Waals surface area (Å²) < 4.78 is 46.9. The van der Waals surface area contributed by atoms with E-state index in [0.717, 1.165) is 17.0 Å². The number of fused-ring (bicyclic) bond motifs is 5. The van der Waals surface area contributed by atoms with Crippen LogP contribution in [0.2, 0.25) is 0 Å². The number of nitriles is 1. The van der Waals surface area contributed by atoms with E-state index in [1.165, 1.54) is 13.0 Å². The Morgan fingerprint density at radius 1 is 1.13 bits per heavy atom. The lowest BCUT2D eigenvalue weighted by molar-refractivity contribution is -0.138. The molecule has 5 atom stereocenters. The summed E-state index contributed by atoms with van der Waals surface area (Å²) in [5.41, 5.74) is -4.44. The van der Waals surface area contributed by atoms with Gasteiger partial charge < -0.3 is 15.0 Å². The molecule has 4 aliphatic heterocycles. The van der Waals surface area contributed by atoms with E-state index in [1.54, 1.807) is 18.7 Å². The highest BCUT2D eigenvalue weighted by Crippen LogP contribution is 2.61. The zero-order valence-electron chi connectivity index (χ0n) is 21.1. The van der Waals surface area contributed by atoms with Gasteiger partial charge >= 0.3 is 6.18 Å². The van der Waals surface area contributed by atoms with Crippen molar-refractivity contribution >= 4 is 29.3 Å². The van der Waals surface area contributed by atoms with Crippen LogP contribution >= 0.6 is 0 Å².